The Morgan fingerprint density at radius 3 is 2.59 bits per heavy atom. The third-order valence-electron chi connectivity index (χ3n) is 5.61. The monoisotopic (exact) mass is 521 g/mol. The molecule has 4 rings (SSSR count). The van der Waals surface area contributed by atoms with Gasteiger partial charge >= 0.3 is 0 Å². The molecule has 34 heavy (non-hydrogen) atoms. The minimum atomic E-state index is -0.247. The van der Waals surface area contributed by atoms with Gasteiger partial charge in [-0.1, -0.05) is 46.3 Å². The first-order valence-corrected chi connectivity index (χ1v) is 12.1. The largest absolute Gasteiger partial charge is 0.493 e. The number of para-hydroxylation sites is 4. The lowest BCUT2D eigenvalue weighted by molar-refractivity contribution is 0.0937. The van der Waals surface area contributed by atoms with Crippen molar-refractivity contribution < 1.29 is 14.3 Å². The smallest absolute Gasteiger partial charge is 0.251 e. The fourth-order valence-electron chi connectivity index (χ4n) is 3.93. The number of halogens is 1. The van der Waals surface area contributed by atoms with Crippen LogP contribution in [0.2, 0.25) is 0 Å². The maximum atomic E-state index is 12.8. The molecule has 0 radical (unpaired) electrons. The maximum absolute atomic E-state index is 12.8. The van der Waals surface area contributed by atoms with E-state index in [4.69, 9.17) is 14.5 Å². The second kappa shape index (κ2) is 11.2. The Morgan fingerprint density at radius 1 is 1.03 bits per heavy atom. The Morgan fingerprint density at radius 2 is 1.79 bits per heavy atom. The highest BCUT2D eigenvalue weighted by Gasteiger charge is 2.19. The number of nitrogens with zero attached hydrogens (tertiary/aromatic N) is 2. The highest BCUT2D eigenvalue weighted by molar-refractivity contribution is 9.10. The van der Waals surface area contributed by atoms with E-state index in [0.29, 0.717) is 12.2 Å². The number of imidazole rings is 1. The van der Waals surface area contributed by atoms with Gasteiger partial charge in [0.2, 0.25) is 0 Å². The highest BCUT2D eigenvalue weighted by atomic mass is 79.9. The van der Waals surface area contributed by atoms with Crippen LogP contribution in [0.25, 0.3) is 11.0 Å². The van der Waals surface area contributed by atoms with Gasteiger partial charge in [-0.05, 0) is 62.2 Å². The third-order valence-corrected chi connectivity index (χ3v) is 6.10. The van der Waals surface area contributed by atoms with Gasteiger partial charge in [0, 0.05) is 16.6 Å². The molecule has 1 heterocycles. The van der Waals surface area contributed by atoms with E-state index in [9.17, 15) is 4.79 Å². The van der Waals surface area contributed by atoms with Crippen molar-refractivity contribution in [1.82, 2.24) is 14.9 Å². The van der Waals surface area contributed by atoms with Gasteiger partial charge in [0.15, 0.2) is 11.5 Å². The van der Waals surface area contributed by atoms with Crippen molar-refractivity contribution >= 4 is 32.9 Å². The quantitative estimate of drug-likeness (QED) is 0.254. The van der Waals surface area contributed by atoms with Crippen LogP contribution in [0.4, 0.5) is 0 Å². The van der Waals surface area contributed by atoms with Crippen molar-refractivity contribution in [1.29, 1.82) is 0 Å². The number of benzene rings is 3. The summed E-state index contributed by atoms with van der Waals surface area (Å²) in [6.07, 6.45) is 1.79. The number of aryl methyl sites for hydroxylation is 1. The molecule has 6 nitrogen and oxygen atoms in total. The number of aromatic nitrogens is 2. The average molecular weight is 522 g/mol. The molecule has 4 aromatic rings. The summed E-state index contributed by atoms with van der Waals surface area (Å²) >= 11 is 3.43. The van der Waals surface area contributed by atoms with Gasteiger partial charge in [-0.25, -0.2) is 4.98 Å². The molecule has 3 aromatic carbocycles. The van der Waals surface area contributed by atoms with Crippen LogP contribution in [0, 0.1) is 0 Å². The first-order valence-electron chi connectivity index (χ1n) is 11.3. The zero-order chi connectivity index (χ0) is 23.9. The Balaban J connectivity index is 1.43. The number of hydrogen-bond acceptors (Lipinski definition) is 4. The van der Waals surface area contributed by atoms with Crippen molar-refractivity contribution in [2.45, 2.75) is 32.4 Å². The van der Waals surface area contributed by atoms with Gasteiger partial charge in [-0.2, -0.15) is 0 Å². The van der Waals surface area contributed by atoms with Crippen LogP contribution in [-0.2, 0) is 6.54 Å². The zero-order valence-corrected chi connectivity index (χ0v) is 20.9. The number of nitrogens with one attached hydrogen (secondary N) is 1. The van der Waals surface area contributed by atoms with Crippen molar-refractivity contribution in [3.8, 4) is 11.5 Å². The summed E-state index contributed by atoms with van der Waals surface area (Å²) in [5.74, 6) is 2.20. The molecule has 0 spiro atoms. The number of methoxy groups -OCH3 is 1. The average Bonchev–Trinajstić information content (AvgIpc) is 3.23. The van der Waals surface area contributed by atoms with E-state index < -0.39 is 0 Å². The minimum Gasteiger partial charge on any atom is -0.493 e. The van der Waals surface area contributed by atoms with Gasteiger partial charge in [0.05, 0.1) is 30.8 Å². The molecule has 1 N–H and O–H groups in total. The first kappa shape index (κ1) is 23.8. The molecule has 176 valence electrons. The van der Waals surface area contributed by atoms with Crippen LogP contribution in [0.1, 0.15) is 42.0 Å². The SMILES string of the molecule is COc1ccccc1OCCCCn1c(C(C)NC(=O)c2cccc(Br)c2)nc2ccccc21. The fourth-order valence-corrected chi connectivity index (χ4v) is 4.33. The predicted molar refractivity (Wildman–Crippen MR) is 137 cm³/mol. The third kappa shape index (κ3) is 5.59. The lowest BCUT2D eigenvalue weighted by Crippen LogP contribution is -2.28. The normalized spacial score (nSPS) is 11.9. The van der Waals surface area contributed by atoms with E-state index in [1.54, 1.807) is 13.2 Å². The number of fused-ring (bicyclic) bond motifs is 1. The van der Waals surface area contributed by atoms with Crippen LogP contribution in [0.15, 0.2) is 77.3 Å². The lowest BCUT2D eigenvalue weighted by atomic mass is 10.2. The summed E-state index contributed by atoms with van der Waals surface area (Å²) in [5, 5.41) is 3.10. The highest BCUT2D eigenvalue weighted by Crippen LogP contribution is 2.26. The molecule has 1 amide bonds. The topological polar surface area (TPSA) is 65.4 Å². The molecule has 0 saturated heterocycles. The van der Waals surface area contributed by atoms with Crippen LogP contribution < -0.4 is 14.8 Å². The molecule has 1 atom stereocenters. The van der Waals surface area contributed by atoms with Crippen LogP contribution >= 0.6 is 15.9 Å². The van der Waals surface area contributed by atoms with Crippen molar-refractivity contribution in [2.24, 2.45) is 0 Å². The molecular formula is C27H28BrN3O3. The second-order valence-corrected chi connectivity index (χ2v) is 8.94. The van der Waals surface area contributed by atoms with Crippen molar-refractivity contribution in [3.63, 3.8) is 0 Å². The maximum Gasteiger partial charge on any atom is 0.251 e. The summed E-state index contributed by atoms with van der Waals surface area (Å²) in [6, 6.07) is 22.9. The van der Waals surface area contributed by atoms with Gasteiger partial charge < -0.3 is 19.4 Å². The summed E-state index contributed by atoms with van der Waals surface area (Å²) in [7, 11) is 1.64. The number of ether oxygens (including phenoxy) is 2. The van der Waals surface area contributed by atoms with Crippen molar-refractivity contribution in [2.75, 3.05) is 13.7 Å². The summed E-state index contributed by atoms with van der Waals surface area (Å²) < 4.78 is 14.3. The summed E-state index contributed by atoms with van der Waals surface area (Å²) in [6.45, 7) is 3.35. The lowest BCUT2D eigenvalue weighted by Gasteiger charge is -2.17. The number of rotatable bonds is 10. The Bertz CT molecular complexity index is 1270. The number of amides is 1. The van der Waals surface area contributed by atoms with Gasteiger partial charge in [-0.3, -0.25) is 4.79 Å². The zero-order valence-electron chi connectivity index (χ0n) is 19.3. The summed E-state index contributed by atoms with van der Waals surface area (Å²) in [4.78, 5) is 17.6. The van der Waals surface area contributed by atoms with E-state index in [-0.39, 0.29) is 11.9 Å². The van der Waals surface area contributed by atoms with E-state index in [0.717, 1.165) is 52.2 Å². The Labute approximate surface area is 208 Å². The molecule has 1 aromatic heterocycles. The number of hydrogen-bond donors (Lipinski definition) is 1. The Kier molecular flexibility index (Phi) is 7.85. The standard InChI is InChI=1S/C27H28BrN3O3/c1-19(29-27(32)20-10-9-11-21(28)18-20)26-30-22-12-3-4-13-23(22)31(26)16-7-8-17-34-25-15-6-5-14-24(25)33-2/h3-6,9-15,18-19H,7-8,16-17H2,1-2H3,(H,29,32). The van der Waals surface area contributed by atoms with Crippen molar-refractivity contribution in [3.05, 3.63) is 88.7 Å². The van der Waals surface area contributed by atoms with E-state index in [1.807, 2.05) is 67.6 Å². The molecule has 0 bridgehead atoms. The summed E-state index contributed by atoms with van der Waals surface area (Å²) in [5.41, 5.74) is 2.59. The van der Waals surface area contributed by atoms with Crippen LogP contribution in [-0.4, -0.2) is 29.2 Å². The molecule has 1 unspecified atom stereocenters. The molecular weight excluding hydrogens is 494 g/mol. The van der Waals surface area contributed by atoms with Gasteiger partial charge in [0.1, 0.15) is 5.82 Å². The second-order valence-electron chi connectivity index (χ2n) is 8.02. The van der Waals surface area contributed by atoms with Crippen LogP contribution in [0.3, 0.4) is 0 Å². The Hall–Kier alpha value is -3.32. The number of carbonyl (C=O) groups is 1. The fraction of sp³-hybridized carbons (Fsp3) is 0.259. The molecule has 0 aliphatic heterocycles. The molecule has 7 heteroatoms. The van der Waals surface area contributed by atoms with E-state index in [1.165, 1.54) is 0 Å². The minimum absolute atomic E-state index is 0.127. The molecule has 0 aliphatic carbocycles. The number of unbranched alkanes of at least 4 members (excludes halogenated alkanes) is 1. The van der Waals surface area contributed by atoms with E-state index >= 15 is 0 Å². The predicted octanol–water partition coefficient (Wildman–Crippen LogP) is 6.16. The van der Waals surface area contributed by atoms with Crippen LogP contribution in [0.5, 0.6) is 11.5 Å². The molecule has 0 fully saturated rings. The number of carbonyl (C=O) groups excluding carboxylic acids is 1. The molecule has 0 aliphatic rings. The van der Waals surface area contributed by atoms with Gasteiger partial charge in [-0.15, -0.1) is 0 Å². The molecule has 0 saturated carbocycles. The first-order chi connectivity index (χ1) is 16.6. The van der Waals surface area contributed by atoms with Gasteiger partial charge in [0.25, 0.3) is 5.91 Å². The van der Waals surface area contributed by atoms with E-state index in [2.05, 4.69) is 31.9 Å².